The first-order valence-electron chi connectivity index (χ1n) is 7.24. The monoisotopic (exact) mass is 291 g/mol. The Morgan fingerprint density at radius 3 is 2.58 bits per heavy atom. The van der Waals surface area contributed by atoms with Crippen LogP contribution in [-0.4, -0.2) is 38.1 Å². The van der Waals surface area contributed by atoms with Gasteiger partial charge in [-0.25, -0.2) is 12.7 Å². The minimum Gasteiger partial charge on any atom is -0.271 e. The van der Waals surface area contributed by atoms with E-state index in [1.165, 1.54) is 6.26 Å². The van der Waals surface area contributed by atoms with Gasteiger partial charge in [-0.15, -0.1) is 0 Å². The highest BCUT2D eigenvalue weighted by atomic mass is 32.2. The van der Waals surface area contributed by atoms with E-state index in [9.17, 15) is 8.42 Å². The number of piperidine rings is 1. The summed E-state index contributed by atoms with van der Waals surface area (Å²) in [5.74, 6) is 6.72. The molecule has 0 aromatic heterocycles. The summed E-state index contributed by atoms with van der Waals surface area (Å²) in [4.78, 5) is 0. The molecule has 2 unspecified atom stereocenters. The fourth-order valence-electron chi connectivity index (χ4n) is 2.73. The van der Waals surface area contributed by atoms with Crippen molar-refractivity contribution in [1.82, 2.24) is 9.73 Å². The Balaban J connectivity index is 2.46. The Morgan fingerprint density at radius 1 is 1.37 bits per heavy atom. The second-order valence-electron chi connectivity index (χ2n) is 6.20. The first kappa shape index (κ1) is 16.9. The molecule has 19 heavy (non-hydrogen) atoms. The zero-order valence-corrected chi connectivity index (χ0v) is 13.2. The predicted octanol–water partition coefficient (Wildman–Crippen LogP) is 1.32. The molecule has 0 radical (unpaired) electrons. The van der Waals surface area contributed by atoms with Crippen LogP contribution in [0.15, 0.2) is 0 Å². The molecule has 0 aromatic carbocycles. The maximum Gasteiger partial charge on any atom is 0.211 e. The standard InChI is InChI=1S/C13H29N3O2S/c1-11(2)6-7-13(15-14)9-12-5-4-8-16(10-12)19(3,17)18/h11-13,15H,4-10,14H2,1-3H3. The van der Waals surface area contributed by atoms with Crippen LogP contribution in [0.25, 0.3) is 0 Å². The Bertz CT molecular complexity index is 357. The normalized spacial score (nSPS) is 23.7. The molecule has 114 valence electrons. The van der Waals surface area contributed by atoms with Crippen molar-refractivity contribution in [3.05, 3.63) is 0 Å². The molecule has 0 amide bonds. The first-order chi connectivity index (χ1) is 8.82. The predicted molar refractivity (Wildman–Crippen MR) is 78.9 cm³/mol. The van der Waals surface area contributed by atoms with Crippen LogP contribution in [0.4, 0.5) is 0 Å². The van der Waals surface area contributed by atoms with Crippen LogP contribution >= 0.6 is 0 Å². The molecule has 1 aliphatic heterocycles. The molecular weight excluding hydrogens is 262 g/mol. The van der Waals surface area contributed by atoms with E-state index >= 15 is 0 Å². The number of nitrogens with two attached hydrogens (primary N) is 1. The van der Waals surface area contributed by atoms with Gasteiger partial charge in [0.1, 0.15) is 0 Å². The third-order valence-corrected chi connectivity index (χ3v) is 5.17. The van der Waals surface area contributed by atoms with Gasteiger partial charge in [0.2, 0.25) is 10.0 Å². The molecule has 6 heteroatoms. The van der Waals surface area contributed by atoms with E-state index in [0.717, 1.165) is 32.1 Å². The van der Waals surface area contributed by atoms with Gasteiger partial charge in [0.15, 0.2) is 0 Å². The van der Waals surface area contributed by atoms with E-state index in [2.05, 4.69) is 19.3 Å². The Morgan fingerprint density at radius 2 is 2.05 bits per heavy atom. The number of sulfonamides is 1. The van der Waals surface area contributed by atoms with Gasteiger partial charge in [0.05, 0.1) is 6.26 Å². The Hall–Kier alpha value is -0.170. The summed E-state index contributed by atoms with van der Waals surface area (Å²) in [6.07, 6.45) is 6.54. The van der Waals surface area contributed by atoms with E-state index in [1.54, 1.807) is 4.31 Å². The van der Waals surface area contributed by atoms with Crippen LogP contribution in [0.2, 0.25) is 0 Å². The van der Waals surface area contributed by atoms with E-state index in [4.69, 9.17) is 5.84 Å². The van der Waals surface area contributed by atoms with Crippen LogP contribution in [0.3, 0.4) is 0 Å². The summed E-state index contributed by atoms with van der Waals surface area (Å²) >= 11 is 0. The van der Waals surface area contributed by atoms with E-state index < -0.39 is 10.0 Å². The van der Waals surface area contributed by atoms with Gasteiger partial charge in [0.25, 0.3) is 0 Å². The summed E-state index contributed by atoms with van der Waals surface area (Å²) in [5, 5.41) is 0. The van der Waals surface area contributed by atoms with Gasteiger partial charge < -0.3 is 0 Å². The fourth-order valence-corrected chi connectivity index (χ4v) is 3.67. The SMILES string of the molecule is CC(C)CCC(CC1CCCN(S(C)(=O)=O)C1)NN. The van der Waals surface area contributed by atoms with Crippen molar-refractivity contribution in [2.45, 2.75) is 52.0 Å². The van der Waals surface area contributed by atoms with Gasteiger partial charge in [-0.3, -0.25) is 11.3 Å². The third kappa shape index (κ3) is 6.21. The van der Waals surface area contributed by atoms with E-state index in [-0.39, 0.29) is 0 Å². The van der Waals surface area contributed by atoms with Gasteiger partial charge >= 0.3 is 0 Å². The van der Waals surface area contributed by atoms with Crippen LogP contribution in [-0.2, 0) is 10.0 Å². The van der Waals surface area contributed by atoms with Crippen molar-refractivity contribution in [3.63, 3.8) is 0 Å². The quantitative estimate of drug-likeness (QED) is 0.548. The summed E-state index contributed by atoms with van der Waals surface area (Å²) in [7, 11) is -3.05. The molecule has 1 saturated heterocycles. The number of hydrazine groups is 1. The zero-order chi connectivity index (χ0) is 14.5. The molecule has 1 rings (SSSR count). The molecule has 2 atom stereocenters. The number of nitrogens with one attached hydrogen (secondary N) is 1. The molecule has 0 spiro atoms. The maximum atomic E-state index is 11.6. The highest BCUT2D eigenvalue weighted by molar-refractivity contribution is 7.88. The molecule has 5 nitrogen and oxygen atoms in total. The Labute approximate surface area is 117 Å². The molecule has 3 N–H and O–H groups in total. The lowest BCUT2D eigenvalue weighted by molar-refractivity contribution is 0.232. The largest absolute Gasteiger partial charge is 0.271 e. The highest BCUT2D eigenvalue weighted by Crippen LogP contribution is 2.24. The summed E-state index contributed by atoms with van der Waals surface area (Å²) in [6.45, 7) is 5.74. The number of hydrogen-bond acceptors (Lipinski definition) is 4. The summed E-state index contributed by atoms with van der Waals surface area (Å²) in [5.41, 5.74) is 2.89. The molecule has 1 heterocycles. The van der Waals surface area contributed by atoms with Crippen molar-refractivity contribution in [1.29, 1.82) is 0 Å². The number of hydrogen-bond donors (Lipinski definition) is 2. The summed E-state index contributed by atoms with van der Waals surface area (Å²) < 4.78 is 24.8. The lowest BCUT2D eigenvalue weighted by Crippen LogP contribution is -2.43. The van der Waals surface area contributed by atoms with Gasteiger partial charge in [0, 0.05) is 19.1 Å². The maximum absolute atomic E-state index is 11.6. The van der Waals surface area contributed by atoms with Crippen LogP contribution in [0.5, 0.6) is 0 Å². The highest BCUT2D eigenvalue weighted by Gasteiger charge is 2.27. The number of rotatable bonds is 7. The van der Waals surface area contributed by atoms with Crippen molar-refractivity contribution in [2.75, 3.05) is 19.3 Å². The average Bonchev–Trinajstić information content (AvgIpc) is 2.33. The smallest absolute Gasteiger partial charge is 0.211 e. The topological polar surface area (TPSA) is 75.4 Å². The zero-order valence-electron chi connectivity index (χ0n) is 12.4. The van der Waals surface area contributed by atoms with Crippen LogP contribution in [0, 0.1) is 11.8 Å². The first-order valence-corrected chi connectivity index (χ1v) is 9.09. The minimum absolute atomic E-state index is 0.298. The average molecular weight is 291 g/mol. The third-order valence-electron chi connectivity index (χ3n) is 3.90. The Kier molecular flexibility index (Phi) is 6.73. The van der Waals surface area contributed by atoms with Crippen LogP contribution in [0.1, 0.15) is 46.0 Å². The molecule has 0 aliphatic carbocycles. The second kappa shape index (κ2) is 7.57. The van der Waals surface area contributed by atoms with Crippen LogP contribution < -0.4 is 11.3 Å². The van der Waals surface area contributed by atoms with Crippen molar-refractivity contribution in [3.8, 4) is 0 Å². The number of nitrogens with zero attached hydrogens (tertiary/aromatic N) is 1. The van der Waals surface area contributed by atoms with Crippen molar-refractivity contribution < 1.29 is 8.42 Å². The lowest BCUT2D eigenvalue weighted by atomic mass is 9.90. The molecule has 0 bridgehead atoms. The molecule has 0 aromatic rings. The molecule has 0 saturated carbocycles. The second-order valence-corrected chi connectivity index (χ2v) is 8.18. The van der Waals surface area contributed by atoms with E-state index in [0.29, 0.717) is 31.0 Å². The minimum atomic E-state index is -3.05. The van der Waals surface area contributed by atoms with Crippen molar-refractivity contribution >= 4 is 10.0 Å². The molecular formula is C13H29N3O2S. The molecule has 1 fully saturated rings. The summed E-state index contributed by atoms with van der Waals surface area (Å²) in [6, 6.07) is 0.298. The molecule has 1 aliphatic rings. The van der Waals surface area contributed by atoms with Gasteiger partial charge in [-0.2, -0.15) is 0 Å². The fraction of sp³-hybridized carbons (Fsp3) is 1.00. The van der Waals surface area contributed by atoms with Gasteiger partial charge in [-0.05, 0) is 43.9 Å². The van der Waals surface area contributed by atoms with Crippen molar-refractivity contribution in [2.24, 2.45) is 17.7 Å². The van der Waals surface area contributed by atoms with Gasteiger partial charge in [-0.1, -0.05) is 13.8 Å². The van der Waals surface area contributed by atoms with E-state index in [1.807, 2.05) is 0 Å². The lowest BCUT2D eigenvalue weighted by Gasteiger charge is -2.33.